The number of aryl methyl sites for hydroxylation is 1. The van der Waals surface area contributed by atoms with Crippen molar-refractivity contribution in [1.82, 2.24) is 0 Å². The number of hydrogen-bond donors (Lipinski definition) is 0. The largest absolute Gasteiger partial charge is 0.496 e. The van der Waals surface area contributed by atoms with Gasteiger partial charge in [-0.3, -0.25) is 4.79 Å². The van der Waals surface area contributed by atoms with Crippen molar-refractivity contribution in [2.75, 3.05) is 7.11 Å². The summed E-state index contributed by atoms with van der Waals surface area (Å²) < 4.78 is 5.39. The monoisotopic (exact) mass is 230 g/mol. The molecule has 17 heavy (non-hydrogen) atoms. The van der Waals surface area contributed by atoms with Gasteiger partial charge < -0.3 is 4.74 Å². The Kier molecular flexibility index (Phi) is 3.32. The summed E-state index contributed by atoms with van der Waals surface area (Å²) in [6.07, 6.45) is 2.64. The van der Waals surface area contributed by atoms with E-state index >= 15 is 0 Å². The number of Topliss-reactive ketones (excluding diaryl/α,β-unsaturated/α-hetero) is 1. The molecule has 0 amide bonds. The lowest BCUT2D eigenvalue weighted by Crippen LogP contribution is -2.11. The summed E-state index contributed by atoms with van der Waals surface area (Å²) in [5.41, 5.74) is 4.16. The number of hydrogen-bond acceptors (Lipinski definition) is 2. The average Bonchev–Trinajstić information content (AvgIpc) is 2.30. The first kappa shape index (κ1) is 11.9. The lowest BCUT2D eigenvalue weighted by Gasteiger charge is -2.20. The van der Waals surface area contributed by atoms with Crippen LogP contribution >= 0.6 is 0 Å². The third-order valence-electron chi connectivity index (χ3n) is 3.37. The van der Waals surface area contributed by atoms with Gasteiger partial charge in [-0.2, -0.15) is 0 Å². The van der Waals surface area contributed by atoms with Gasteiger partial charge in [0.15, 0.2) is 5.78 Å². The Morgan fingerprint density at radius 2 is 1.94 bits per heavy atom. The molecule has 0 saturated heterocycles. The minimum atomic E-state index is 0.251. The highest BCUT2D eigenvalue weighted by atomic mass is 16.5. The van der Waals surface area contributed by atoms with Crippen LogP contribution in [-0.4, -0.2) is 12.9 Å². The van der Waals surface area contributed by atoms with E-state index in [2.05, 4.69) is 6.92 Å². The molecule has 0 aliphatic heterocycles. The van der Waals surface area contributed by atoms with E-state index < -0.39 is 0 Å². The first-order valence-corrected chi connectivity index (χ1v) is 6.02. The van der Waals surface area contributed by atoms with Gasteiger partial charge in [0.25, 0.3) is 0 Å². The Morgan fingerprint density at radius 1 is 1.18 bits per heavy atom. The zero-order valence-corrected chi connectivity index (χ0v) is 10.7. The molecule has 0 bridgehead atoms. The standard InChI is InChI=1S/C15H18O2/c1-10-6-4-8-12(16)14(10)15-11(2)7-5-9-13(15)17-3/h5,7,9H,4,6,8H2,1-3H3. The molecule has 0 spiro atoms. The highest BCUT2D eigenvalue weighted by molar-refractivity contribution is 6.23. The molecular formula is C15H18O2. The number of benzene rings is 1. The molecule has 1 aliphatic carbocycles. The molecule has 0 unspecified atom stereocenters. The summed E-state index contributed by atoms with van der Waals surface area (Å²) in [6, 6.07) is 5.91. The van der Waals surface area contributed by atoms with Crippen molar-refractivity contribution < 1.29 is 9.53 Å². The normalized spacial score (nSPS) is 16.3. The van der Waals surface area contributed by atoms with Crippen LogP contribution in [0.5, 0.6) is 5.75 Å². The minimum Gasteiger partial charge on any atom is -0.496 e. The highest BCUT2D eigenvalue weighted by Gasteiger charge is 2.23. The molecule has 1 aliphatic rings. The van der Waals surface area contributed by atoms with E-state index in [0.29, 0.717) is 6.42 Å². The van der Waals surface area contributed by atoms with Crippen molar-refractivity contribution in [3.8, 4) is 5.75 Å². The minimum absolute atomic E-state index is 0.251. The van der Waals surface area contributed by atoms with E-state index in [4.69, 9.17) is 4.74 Å². The zero-order chi connectivity index (χ0) is 12.4. The molecule has 0 fully saturated rings. The zero-order valence-electron chi connectivity index (χ0n) is 10.7. The fourth-order valence-electron chi connectivity index (χ4n) is 2.49. The molecule has 0 N–H and O–H groups in total. The summed E-state index contributed by atoms with van der Waals surface area (Å²) in [5, 5.41) is 0. The Morgan fingerprint density at radius 3 is 2.59 bits per heavy atom. The Bertz CT molecular complexity index is 484. The predicted octanol–water partition coefficient (Wildman–Crippen LogP) is 3.53. The second-order valence-corrected chi connectivity index (χ2v) is 4.58. The molecular weight excluding hydrogens is 212 g/mol. The van der Waals surface area contributed by atoms with Crippen molar-refractivity contribution in [3.05, 3.63) is 34.9 Å². The second kappa shape index (κ2) is 4.74. The Hall–Kier alpha value is -1.57. The van der Waals surface area contributed by atoms with Gasteiger partial charge in [-0.25, -0.2) is 0 Å². The third-order valence-corrected chi connectivity index (χ3v) is 3.37. The van der Waals surface area contributed by atoms with Gasteiger partial charge in [0, 0.05) is 17.6 Å². The van der Waals surface area contributed by atoms with E-state index in [1.807, 2.05) is 25.1 Å². The number of ether oxygens (including phenoxy) is 1. The van der Waals surface area contributed by atoms with Crippen LogP contribution in [0.3, 0.4) is 0 Å². The van der Waals surface area contributed by atoms with Crippen molar-refractivity contribution in [2.45, 2.75) is 33.1 Å². The molecule has 0 radical (unpaired) electrons. The summed E-state index contributed by atoms with van der Waals surface area (Å²) in [5.74, 6) is 1.05. The molecule has 0 atom stereocenters. The first-order valence-electron chi connectivity index (χ1n) is 6.02. The quantitative estimate of drug-likeness (QED) is 0.777. The Balaban J connectivity index is 2.64. The number of carbonyl (C=O) groups excluding carboxylic acids is 1. The molecule has 1 aromatic rings. The van der Waals surface area contributed by atoms with Gasteiger partial charge in [0.05, 0.1) is 7.11 Å². The fourth-order valence-corrected chi connectivity index (χ4v) is 2.49. The second-order valence-electron chi connectivity index (χ2n) is 4.58. The van der Waals surface area contributed by atoms with Crippen LogP contribution in [0.2, 0.25) is 0 Å². The van der Waals surface area contributed by atoms with Gasteiger partial charge in [-0.1, -0.05) is 17.7 Å². The number of rotatable bonds is 2. The summed E-state index contributed by atoms with van der Waals surface area (Å²) in [4.78, 5) is 12.1. The molecule has 2 nitrogen and oxygen atoms in total. The predicted molar refractivity (Wildman–Crippen MR) is 69.2 cm³/mol. The van der Waals surface area contributed by atoms with Crippen molar-refractivity contribution in [2.24, 2.45) is 0 Å². The van der Waals surface area contributed by atoms with Crippen molar-refractivity contribution in [1.29, 1.82) is 0 Å². The topological polar surface area (TPSA) is 26.3 Å². The third kappa shape index (κ3) is 2.12. The van der Waals surface area contributed by atoms with E-state index in [1.54, 1.807) is 7.11 Å². The van der Waals surface area contributed by atoms with Crippen LogP contribution in [0.25, 0.3) is 5.57 Å². The van der Waals surface area contributed by atoms with Gasteiger partial charge in [-0.05, 0) is 38.3 Å². The molecule has 90 valence electrons. The maximum Gasteiger partial charge on any atom is 0.163 e. The van der Waals surface area contributed by atoms with Crippen LogP contribution in [0.15, 0.2) is 23.8 Å². The van der Waals surface area contributed by atoms with E-state index in [-0.39, 0.29) is 5.78 Å². The lowest BCUT2D eigenvalue weighted by atomic mass is 9.85. The van der Waals surface area contributed by atoms with E-state index in [0.717, 1.165) is 35.3 Å². The van der Waals surface area contributed by atoms with Crippen LogP contribution in [0.4, 0.5) is 0 Å². The number of ketones is 1. The fraction of sp³-hybridized carbons (Fsp3) is 0.400. The van der Waals surface area contributed by atoms with E-state index in [9.17, 15) is 4.79 Å². The maximum atomic E-state index is 12.1. The number of carbonyl (C=O) groups is 1. The van der Waals surface area contributed by atoms with Crippen LogP contribution in [-0.2, 0) is 4.79 Å². The number of methoxy groups -OCH3 is 1. The van der Waals surface area contributed by atoms with Gasteiger partial charge in [-0.15, -0.1) is 0 Å². The molecule has 2 heteroatoms. The highest BCUT2D eigenvalue weighted by Crippen LogP contribution is 2.36. The van der Waals surface area contributed by atoms with Gasteiger partial charge >= 0.3 is 0 Å². The van der Waals surface area contributed by atoms with Crippen LogP contribution in [0, 0.1) is 6.92 Å². The summed E-state index contributed by atoms with van der Waals surface area (Å²) in [6.45, 7) is 4.08. The van der Waals surface area contributed by atoms with Gasteiger partial charge in [0.2, 0.25) is 0 Å². The van der Waals surface area contributed by atoms with Gasteiger partial charge in [0.1, 0.15) is 5.75 Å². The molecule has 0 saturated carbocycles. The van der Waals surface area contributed by atoms with E-state index in [1.165, 1.54) is 5.57 Å². The first-order chi connectivity index (χ1) is 8.15. The maximum absolute atomic E-state index is 12.1. The molecule has 0 heterocycles. The molecule has 0 aromatic heterocycles. The lowest BCUT2D eigenvalue weighted by molar-refractivity contribution is -0.114. The summed E-state index contributed by atoms with van der Waals surface area (Å²) >= 11 is 0. The van der Waals surface area contributed by atoms with Crippen molar-refractivity contribution in [3.63, 3.8) is 0 Å². The van der Waals surface area contributed by atoms with Crippen LogP contribution in [0.1, 0.15) is 37.3 Å². The SMILES string of the molecule is COc1cccc(C)c1C1=C(C)CCCC1=O. The van der Waals surface area contributed by atoms with Crippen molar-refractivity contribution >= 4 is 11.4 Å². The number of allylic oxidation sites excluding steroid dienone is 2. The van der Waals surface area contributed by atoms with Crippen LogP contribution < -0.4 is 4.74 Å². The molecule has 1 aromatic carbocycles. The molecule has 2 rings (SSSR count). The summed E-state index contributed by atoms with van der Waals surface area (Å²) in [7, 11) is 1.65. The average molecular weight is 230 g/mol. The smallest absolute Gasteiger partial charge is 0.163 e. The Labute approximate surface area is 102 Å².